The maximum absolute atomic E-state index is 12.7. The predicted octanol–water partition coefficient (Wildman–Crippen LogP) is 4.72. The van der Waals surface area contributed by atoms with Crippen LogP contribution in [0.3, 0.4) is 0 Å². The molecule has 4 rings (SSSR count). The number of hydrogen-bond donors (Lipinski definition) is 0. The summed E-state index contributed by atoms with van der Waals surface area (Å²) < 4.78 is 6.14. The summed E-state index contributed by atoms with van der Waals surface area (Å²) in [7, 11) is 0. The van der Waals surface area contributed by atoms with Gasteiger partial charge in [-0.15, -0.1) is 0 Å². The maximum atomic E-state index is 12.7. The molecule has 5 heteroatoms. The summed E-state index contributed by atoms with van der Waals surface area (Å²) in [4.78, 5) is 19.9. The van der Waals surface area contributed by atoms with E-state index in [1.807, 2.05) is 0 Å². The van der Waals surface area contributed by atoms with Gasteiger partial charge < -0.3 is 19.4 Å². The first-order valence-electron chi connectivity index (χ1n) is 13.0. The smallest absolute Gasteiger partial charge is 0.227 e. The fraction of sp³-hybridized carbons (Fsp3) is 0.741. The molecule has 3 fully saturated rings. The lowest BCUT2D eigenvalue weighted by atomic mass is 9.92. The van der Waals surface area contributed by atoms with Crippen molar-refractivity contribution in [1.82, 2.24) is 9.80 Å². The molecule has 3 aliphatic heterocycles. The Labute approximate surface area is 195 Å². The number of carbonyl (C=O) groups is 1. The van der Waals surface area contributed by atoms with E-state index in [4.69, 9.17) is 4.74 Å². The number of likely N-dealkylation sites (tertiary alicyclic amines) is 2. The number of piperidine rings is 2. The van der Waals surface area contributed by atoms with Crippen molar-refractivity contribution in [3.63, 3.8) is 0 Å². The molecule has 3 aliphatic rings. The molecule has 178 valence electrons. The van der Waals surface area contributed by atoms with Crippen LogP contribution in [0.1, 0.15) is 64.4 Å². The molecule has 3 atom stereocenters. The number of ether oxygens (including phenoxy) is 1. The standard InChI is InChI=1S/C27H43N3O2/c1-21-16-22(2)19-29(18-21)14-7-15-32-26-10-8-24(17-23(26)3)30-25(9-11-27(30)31)20-28-12-5-4-6-13-28/h8,10,17,21-22,25H,4-7,9,11-16,18-20H2,1-3H3. The normalized spacial score (nSPS) is 27.8. The van der Waals surface area contributed by atoms with Gasteiger partial charge >= 0.3 is 0 Å². The number of aryl methyl sites for hydroxylation is 1. The number of rotatable bonds is 8. The molecule has 0 aromatic heterocycles. The van der Waals surface area contributed by atoms with Crippen molar-refractivity contribution in [2.24, 2.45) is 11.8 Å². The van der Waals surface area contributed by atoms with Crippen LogP contribution < -0.4 is 9.64 Å². The minimum atomic E-state index is 0.269. The predicted molar refractivity (Wildman–Crippen MR) is 131 cm³/mol. The maximum Gasteiger partial charge on any atom is 0.227 e. The Hall–Kier alpha value is -1.59. The molecule has 0 spiro atoms. The van der Waals surface area contributed by atoms with Crippen LogP contribution in [0, 0.1) is 18.8 Å². The lowest BCUT2D eigenvalue weighted by Crippen LogP contribution is -2.43. The molecule has 32 heavy (non-hydrogen) atoms. The van der Waals surface area contributed by atoms with Gasteiger partial charge in [-0.25, -0.2) is 0 Å². The lowest BCUT2D eigenvalue weighted by molar-refractivity contribution is -0.117. The molecular formula is C27H43N3O2. The minimum Gasteiger partial charge on any atom is -0.493 e. The molecule has 1 aromatic carbocycles. The number of benzene rings is 1. The van der Waals surface area contributed by atoms with E-state index in [0.717, 1.165) is 61.4 Å². The molecule has 0 saturated carbocycles. The highest BCUT2D eigenvalue weighted by Crippen LogP contribution is 2.31. The first-order chi connectivity index (χ1) is 15.5. The Morgan fingerprint density at radius 2 is 1.78 bits per heavy atom. The number of anilines is 1. The van der Waals surface area contributed by atoms with Gasteiger partial charge in [0.05, 0.1) is 12.6 Å². The van der Waals surface area contributed by atoms with E-state index in [0.29, 0.717) is 12.5 Å². The van der Waals surface area contributed by atoms with Crippen molar-refractivity contribution in [2.75, 3.05) is 50.8 Å². The molecular weight excluding hydrogens is 398 g/mol. The Morgan fingerprint density at radius 1 is 1.03 bits per heavy atom. The van der Waals surface area contributed by atoms with E-state index in [1.54, 1.807) is 0 Å². The van der Waals surface area contributed by atoms with E-state index >= 15 is 0 Å². The zero-order valence-corrected chi connectivity index (χ0v) is 20.5. The highest BCUT2D eigenvalue weighted by molar-refractivity contribution is 5.96. The summed E-state index contributed by atoms with van der Waals surface area (Å²) in [6, 6.07) is 6.61. The Kier molecular flexibility index (Phi) is 8.12. The third kappa shape index (κ3) is 6.05. The third-order valence-electron chi connectivity index (χ3n) is 7.50. The van der Waals surface area contributed by atoms with Crippen LogP contribution in [-0.4, -0.2) is 67.6 Å². The number of nitrogens with zero attached hydrogens (tertiary/aromatic N) is 3. The molecule has 5 nitrogen and oxygen atoms in total. The minimum absolute atomic E-state index is 0.269. The highest BCUT2D eigenvalue weighted by atomic mass is 16.5. The van der Waals surface area contributed by atoms with E-state index in [-0.39, 0.29) is 5.91 Å². The fourth-order valence-electron chi connectivity index (χ4n) is 6.10. The summed E-state index contributed by atoms with van der Waals surface area (Å²) >= 11 is 0. The van der Waals surface area contributed by atoms with Gasteiger partial charge in [-0.1, -0.05) is 20.3 Å². The van der Waals surface area contributed by atoms with E-state index in [2.05, 4.69) is 53.7 Å². The Bertz CT molecular complexity index is 751. The first kappa shape index (κ1) is 23.6. The summed E-state index contributed by atoms with van der Waals surface area (Å²) in [5.41, 5.74) is 2.16. The van der Waals surface area contributed by atoms with Crippen molar-refractivity contribution in [2.45, 2.75) is 71.8 Å². The van der Waals surface area contributed by atoms with Gasteiger partial charge in [0.2, 0.25) is 5.91 Å². The van der Waals surface area contributed by atoms with E-state index in [1.165, 1.54) is 51.9 Å². The second-order valence-electron chi connectivity index (χ2n) is 10.7. The molecule has 3 unspecified atom stereocenters. The molecule has 0 bridgehead atoms. The molecule has 1 amide bonds. The van der Waals surface area contributed by atoms with Crippen LogP contribution >= 0.6 is 0 Å². The van der Waals surface area contributed by atoms with Gasteiger partial charge in [-0.2, -0.15) is 0 Å². The van der Waals surface area contributed by atoms with Gasteiger partial charge in [-0.05, 0) is 87.7 Å². The van der Waals surface area contributed by atoms with Crippen molar-refractivity contribution in [3.05, 3.63) is 23.8 Å². The molecule has 3 heterocycles. The average Bonchev–Trinajstić information content (AvgIpc) is 3.12. The van der Waals surface area contributed by atoms with Crippen molar-refractivity contribution in [1.29, 1.82) is 0 Å². The van der Waals surface area contributed by atoms with Crippen LogP contribution in [0.2, 0.25) is 0 Å². The lowest BCUT2D eigenvalue weighted by Gasteiger charge is -2.34. The van der Waals surface area contributed by atoms with Gasteiger partial charge in [0.1, 0.15) is 5.75 Å². The average molecular weight is 442 g/mol. The summed E-state index contributed by atoms with van der Waals surface area (Å²) in [5.74, 6) is 2.83. The molecule has 3 saturated heterocycles. The Balaban J connectivity index is 1.29. The number of hydrogen-bond acceptors (Lipinski definition) is 4. The Morgan fingerprint density at radius 3 is 2.50 bits per heavy atom. The largest absolute Gasteiger partial charge is 0.493 e. The van der Waals surface area contributed by atoms with Crippen molar-refractivity contribution in [3.8, 4) is 5.75 Å². The van der Waals surface area contributed by atoms with Gasteiger partial charge in [0.25, 0.3) is 0 Å². The van der Waals surface area contributed by atoms with Crippen LogP contribution in [0.15, 0.2) is 18.2 Å². The third-order valence-corrected chi connectivity index (χ3v) is 7.50. The molecule has 0 radical (unpaired) electrons. The van der Waals surface area contributed by atoms with Crippen molar-refractivity contribution < 1.29 is 9.53 Å². The van der Waals surface area contributed by atoms with Crippen molar-refractivity contribution >= 4 is 11.6 Å². The number of carbonyl (C=O) groups excluding carboxylic acids is 1. The monoisotopic (exact) mass is 441 g/mol. The van der Waals surface area contributed by atoms with E-state index < -0.39 is 0 Å². The van der Waals surface area contributed by atoms with Gasteiger partial charge in [0, 0.05) is 38.3 Å². The summed E-state index contributed by atoms with van der Waals surface area (Å²) in [6.45, 7) is 14.5. The first-order valence-corrected chi connectivity index (χ1v) is 13.0. The zero-order valence-electron chi connectivity index (χ0n) is 20.5. The summed E-state index contributed by atoms with van der Waals surface area (Å²) in [6.07, 6.45) is 7.99. The van der Waals surface area contributed by atoms with Crippen LogP contribution in [0.5, 0.6) is 5.75 Å². The van der Waals surface area contributed by atoms with Crippen LogP contribution in [0.4, 0.5) is 5.69 Å². The van der Waals surface area contributed by atoms with E-state index in [9.17, 15) is 4.79 Å². The fourth-order valence-corrected chi connectivity index (χ4v) is 6.10. The van der Waals surface area contributed by atoms with Gasteiger partial charge in [0.15, 0.2) is 0 Å². The highest BCUT2D eigenvalue weighted by Gasteiger charge is 2.33. The molecule has 0 N–H and O–H groups in total. The quantitative estimate of drug-likeness (QED) is 0.547. The topological polar surface area (TPSA) is 36.0 Å². The second-order valence-corrected chi connectivity index (χ2v) is 10.7. The van der Waals surface area contributed by atoms with Crippen LogP contribution in [0.25, 0.3) is 0 Å². The van der Waals surface area contributed by atoms with Crippen LogP contribution in [-0.2, 0) is 4.79 Å². The molecule has 1 aromatic rings. The molecule has 0 aliphatic carbocycles. The van der Waals surface area contributed by atoms with Gasteiger partial charge in [-0.3, -0.25) is 4.79 Å². The number of amides is 1. The SMILES string of the molecule is Cc1cc(N2C(=O)CCC2CN2CCCCC2)ccc1OCCCN1CC(C)CC(C)C1. The summed E-state index contributed by atoms with van der Waals surface area (Å²) in [5, 5.41) is 0. The zero-order chi connectivity index (χ0) is 22.5. The second kappa shape index (κ2) is 11.0.